The Morgan fingerprint density at radius 2 is 2.24 bits per heavy atom. The summed E-state index contributed by atoms with van der Waals surface area (Å²) in [6, 6.07) is 0.265. The average Bonchev–Trinajstić information content (AvgIpc) is 2.29. The molecule has 0 amide bonds. The Bertz CT molecular complexity index is 257. The zero-order valence-electron chi connectivity index (χ0n) is 11.2. The van der Waals surface area contributed by atoms with Crippen LogP contribution in [0.1, 0.15) is 52.9 Å². The molecular weight excluding hydrogens is 218 g/mol. The van der Waals surface area contributed by atoms with Crippen LogP contribution < -0.4 is 5.32 Å². The molecule has 3 atom stereocenters. The van der Waals surface area contributed by atoms with E-state index >= 15 is 0 Å². The van der Waals surface area contributed by atoms with Gasteiger partial charge in [0.2, 0.25) is 0 Å². The molecular formula is C13H25NO3. The molecule has 0 aromatic rings. The van der Waals surface area contributed by atoms with Gasteiger partial charge in [-0.25, -0.2) is 0 Å². The van der Waals surface area contributed by atoms with Gasteiger partial charge < -0.3 is 9.84 Å². The number of carboxylic acids is 1. The van der Waals surface area contributed by atoms with Crippen molar-refractivity contribution in [2.45, 2.75) is 70.6 Å². The highest BCUT2D eigenvalue weighted by atomic mass is 16.5. The van der Waals surface area contributed by atoms with Gasteiger partial charge in [0.15, 0.2) is 0 Å². The Labute approximate surface area is 104 Å². The lowest BCUT2D eigenvalue weighted by atomic mass is 9.92. The van der Waals surface area contributed by atoms with Crippen LogP contribution in [0.15, 0.2) is 0 Å². The Balaban J connectivity index is 2.57. The first kappa shape index (κ1) is 14.5. The van der Waals surface area contributed by atoms with Crippen LogP contribution in [0.5, 0.6) is 0 Å². The highest BCUT2D eigenvalue weighted by molar-refractivity contribution is 5.78. The maximum Gasteiger partial charge on any atom is 0.323 e. The van der Waals surface area contributed by atoms with Crippen LogP contribution in [0.2, 0.25) is 0 Å². The average molecular weight is 243 g/mol. The Kier molecular flexibility index (Phi) is 5.40. The molecule has 1 fully saturated rings. The van der Waals surface area contributed by atoms with Crippen molar-refractivity contribution in [2.75, 3.05) is 6.61 Å². The van der Waals surface area contributed by atoms with Gasteiger partial charge in [-0.15, -0.1) is 0 Å². The Morgan fingerprint density at radius 1 is 1.53 bits per heavy atom. The summed E-state index contributed by atoms with van der Waals surface area (Å²) in [4.78, 5) is 11.3. The minimum absolute atomic E-state index is 0.265. The summed E-state index contributed by atoms with van der Waals surface area (Å²) in [7, 11) is 0. The third-order valence-corrected chi connectivity index (χ3v) is 3.57. The molecule has 1 saturated heterocycles. The standard InChI is InChI=1S/C13H25NO3/c1-4-7-13(3,12(15)16)14-10-6-8-17-11(5-2)9-10/h10-11,14H,4-9H2,1-3H3,(H,15,16). The lowest BCUT2D eigenvalue weighted by molar-refractivity contribution is -0.145. The third-order valence-electron chi connectivity index (χ3n) is 3.57. The second-order valence-corrected chi connectivity index (χ2v) is 5.15. The first-order valence-corrected chi connectivity index (χ1v) is 6.64. The van der Waals surface area contributed by atoms with Gasteiger partial charge in [-0.05, 0) is 32.6 Å². The molecule has 0 aromatic heterocycles. The molecule has 0 aliphatic carbocycles. The van der Waals surface area contributed by atoms with Crippen molar-refractivity contribution in [3.63, 3.8) is 0 Å². The van der Waals surface area contributed by atoms with Crippen LogP contribution in [0.3, 0.4) is 0 Å². The number of hydrogen-bond acceptors (Lipinski definition) is 3. The van der Waals surface area contributed by atoms with Crippen LogP contribution in [0.25, 0.3) is 0 Å². The summed E-state index contributed by atoms with van der Waals surface area (Å²) in [6.45, 7) is 6.64. The molecule has 1 heterocycles. The van der Waals surface area contributed by atoms with E-state index in [4.69, 9.17) is 4.74 Å². The summed E-state index contributed by atoms with van der Waals surface area (Å²) in [5, 5.41) is 12.6. The first-order chi connectivity index (χ1) is 8.01. The highest BCUT2D eigenvalue weighted by Crippen LogP contribution is 2.21. The van der Waals surface area contributed by atoms with Crippen molar-refractivity contribution in [2.24, 2.45) is 0 Å². The van der Waals surface area contributed by atoms with Gasteiger partial charge in [-0.3, -0.25) is 10.1 Å². The second kappa shape index (κ2) is 6.36. The van der Waals surface area contributed by atoms with Gasteiger partial charge in [0.25, 0.3) is 0 Å². The normalized spacial score (nSPS) is 28.6. The summed E-state index contributed by atoms with van der Waals surface area (Å²) < 4.78 is 5.60. The molecule has 1 rings (SSSR count). The quantitative estimate of drug-likeness (QED) is 0.750. The lowest BCUT2D eigenvalue weighted by Gasteiger charge is -2.36. The molecule has 0 spiro atoms. The fourth-order valence-corrected chi connectivity index (χ4v) is 2.49. The van der Waals surface area contributed by atoms with Crippen LogP contribution >= 0.6 is 0 Å². The third kappa shape index (κ3) is 3.96. The monoisotopic (exact) mass is 243 g/mol. The Hall–Kier alpha value is -0.610. The number of rotatable bonds is 6. The van der Waals surface area contributed by atoms with E-state index in [0.717, 1.165) is 32.3 Å². The van der Waals surface area contributed by atoms with Gasteiger partial charge in [-0.1, -0.05) is 20.3 Å². The SMILES string of the molecule is CCCC(C)(NC1CCOC(CC)C1)C(=O)O. The topological polar surface area (TPSA) is 58.6 Å². The van der Waals surface area contributed by atoms with Crippen molar-refractivity contribution in [3.8, 4) is 0 Å². The maximum atomic E-state index is 11.3. The molecule has 1 aliphatic rings. The summed E-state index contributed by atoms with van der Waals surface area (Å²) >= 11 is 0. The van der Waals surface area contributed by atoms with E-state index in [1.807, 2.05) is 6.92 Å². The number of carbonyl (C=O) groups is 1. The Morgan fingerprint density at radius 3 is 2.76 bits per heavy atom. The van der Waals surface area contributed by atoms with E-state index in [9.17, 15) is 9.90 Å². The number of carboxylic acid groups (broad SMARTS) is 1. The largest absolute Gasteiger partial charge is 0.480 e. The van der Waals surface area contributed by atoms with Crippen LogP contribution in [0, 0.1) is 0 Å². The van der Waals surface area contributed by atoms with Crippen molar-refractivity contribution in [1.29, 1.82) is 0 Å². The number of hydrogen-bond donors (Lipinski definition) is 2. The van der Waals surface area contributed by atoms with Gasteiger partial charge in [-0.2, -0.15) is 0 Å². The molecule has 3 unspecified atom stereocenters. The van der Waals surface area contributed by atoms with Gasteiger partial charge >= 0.3 is 5.97 Å². The lowest BCUT2D eigenvalue weighted by Crippen LogP contribution is -2.55. The molecule has 0 saturated carbocycles. The fourth-order valence-electron chi connectivity index (χ4n) is 2.49. The zero-order chi connectivity index (χ0) is 12.9. The van der Waals surface area contributed by atoms with Gasteiger partial charge in [0.1, 0.15) is 5.54 Å². The molecule has 0 bridgehead atoms. The number of ether oxygens (including phenoxy) is 1. The van der Waals surface area contributed by atoms with Gasteiger partial charge in [0, 0.05) is 12.6 Å². The molecule has 17 heavy (non-hydrogen) atoms. The van der Waals surface area contributed by atoms with E-state index in [1.54, 1.807) is 6.92 Å². The molecule has 4 heteroatoms. The number of aliphatic carboxylic acids is 1. The van der Waals surface area contributed by atoms with Gasteiger partial charge in [0.05, 0.1) is 6.10 Å². The first-order valence-electron chi connectivity index (χ1n) is 6.64. The smallest absolute Gasteiger partial charge is 0.323 e. The van der Waals surface area contributed by atoms with Crippen molar-refractivity contribution < 1.29 is 14.6 Å². The predicted molar refractivity (Wildman–Crippen MR) is 67.1 cm³/mol. The van der Waals surface area contributed by atoms with Crippen molar-refractivity contribution in [1.82, 2.24) is 5.32 Å². The van der Waals surface area contributed by atoms with Crippen LogP contribution in [-0.2, 0) is 9.53 Å². The van der Waals surface area contributed by atoms with Crippen LogP contribution in [0.4, 0.5) is 0 Å². The van der Waals surface area contributed by atoms with E-state index in [-0.39, 0.29) is 12.1 Å². The molecule has 0 radical (unpaired) electrons. The molecule has 4 nitrogen and oxygen atoms in total. The highest BCUT2D eigenvalue weighted by Gasteiger charge is 2.35. The van der Waals surface area contributed by atoms with E-state index in [1.165, 1.54) is 0 Å². The zero-order valence-corrected chi connectivity index (χ0v) is 11.2. The van der Waals surface area contributed by atoms with E-state index < -0.39 is 11.5 Å². The van der Waals surface area contributed by atoms with E-state index in [0.29, 0.717) is 6.42 Å². The summed E-state index contributed by atoms with van der Waals surface area (Å²) in [6.07, 6.45) is 4.63. The number of nitrogens with one attached hydrogen (secondary N) is 1. The van der Waals surface area contributed by atoms with Crippen molar-refractivity contribution in [3.05, 3.63) is 0 Å². The molecule has 1 aliphatic heterocycles. The predicted octanol–water partition coefficient (Wildman–Crippen LogP) is 2.18. The summed E-state index contributed by atoms with van der Waals surface area (Å²) in [5.74, 6) is -0.751. The molecule has 0 aromatic carbocycles. The minimum Gasteiger partial charge on any atom is -0.480 e. The summed E-state index contributed by atoms with van der Waals surface area (Å²) in [5.41, 5.74) is -0.797. The van der Waals surface area contributed by atoms with E-state index in [2.05, 4.69) is 12.2 Å². The van der Waals surface area contributed by atoms with Crippen molar-refractivity contribution >= 4 is 5.97 Å². The molecule has 100 valence electrons. The fraction of sp³-hybridized carbons (Fsp3) is 0.923. The minimum atomic E-state index is -0.797. The maximum absolute atomic E-state index is 11.3. The second-order valence-electron chi connectivity index (χ2n) is 5.15. The van der Waals surface area contributed by atoms with Crippen LogP contribution in [-0.4, -0.2) is 35.4 Å². The molecule has 2 N–H and O–H groups in total.